The van der Waals surface area contributed by atoms with Gasteiger partial charge < -0.3 is 10.2 Å². The maximum Gasteiger partial charge on any atom is 0.416 e. The summed E-state index contributed by atoms with van der Waals surface area (Å²) in [6.45, 7) is 4.31. The minimum absolute atomic E-state index is 0.120. The van der Waals surface area contributed by atoms with Crippen LogP contribution in [0.4, 0.5) is 18.9 Å². The van der Waals surface area contributed by atoms with Gasteiger partial charge in [0.2, 0.25) is 0 Å². The molecule has 1 atom stereocenters. The van der Waals surface area contributed by atoms with Crippen LogP contribution in [0.5, 0.6) is 0 Å². The highest BCUT2D eigenvalue weighted by molar-refractivity contribution is 6.30. The number of anilines is 1. The van der Waals surface area contributed by atoms with Crippen molar-refractivity contribution in [1.82, 2.24) is 5.32 Å². The van der Waals surface area contributed by atoms with E-state index in [-0.39, 0.29) is 11.1 Å². The van der Waals surface area contributed by atoms with E-state index in [1.807, 2.05) is 11.8 Å². The number of alkyl halides is 3. The Kier molecular flexibility index (Phi) is 4.26. The third kappa shape index (κ3) is 3.76. The molecular formula is C13H16ClF3N2. The van der Waals surface area contributed by atoms with E-state index >= 15 is 0 Å². The molecule has 106 valence electrons. The number of hydrogen-bond acceptors (Lipinski definition) is 2. The van der Waals surface area contributed by atoms with E-state index in [9.17, 15) is 13.2 Å². The molecule has 19 heavy (non-hydrogen) atoms. The van der Waals surface area contributed by atoms with Crippen molar-refractivity contribution < 1.29 is 13.2 Å². The van der Waals surface area contributed by atoms with Crippen molar-refractivity contribution in [3.63, 3.8) is 0 Å². The highest BCUT2D eigenvalue weighted by Crippen LogP contribution is 2.34. The molecule has 1 fully saturated rings. The summed E-state index contributed by atoms with van der Waals surface area (Å²) in [5.41, 5.74) is -0.157. The van der Waals surface area contributed by atoms with Crippen molar-refractivity contribution in [2.75, 3.05) is 24.5 Å². The number of nitrogens with zero attached hydrogens (tertiary/aromatic N) is 1. The molecule has 1 aliphatic rings. The molecule has 0 bridgehead atoms. The molecule has 0 aromatic heterocycles. The SMILES string of the molecule is CC1CN(c2cc(Cl)cc(C(F)(F)F)c2)CCCN1. The molecule has 1 aromatic rings. The molecule has 2 nitrogen and oxygen atoms in total. The van der Waals surface area contributed by atoms with Gasteiger partial charge in [-0.2, -0.15) is 13.2 Å². The summed E-state index contributed by atoms with van der Waals surface area (Å²) in [5.74, 6) is 0. The van der Waals surface area contributed by atoms with Gasteiger partial charge in [0.15, 0.2) is 0 Å². The fourth-order valence-corrected chi connectivity index (χ4v) is 2.49. The van der Waals surface area contributed by atoms with E-state index < -0.39 is 11.7 Å². The van der Waals surface area contributed by atoms with Gasteiger partial charge >= 0.3 is 6.18 Å². The zero-order chi connectivity index (χ0) is 14.0. The summed E-state index contributed by atoms with van der Waals surface area (Å²) in [4.78, 5) is 1.95. The van der Waals surface area contributed by atoms with Crippen LogP contribution < -0.4 is 10.2 Å². The third-order valence-electron chi connectivity index (χ3n) is 3.17. The number of benzene rings is 1. The Morgan fingerprint density at radius 3 is 2.74 bits per heavy atom. The molecular weight excluding hydrogens is 277 g/mol. The normalized spacial score (nSPS) is 21.3. The molecule has 1 unspecified atom stereocenters. The zero-order valence-corrected chi connectivity index (χ0v) is 11.4. The highest BCUT2D eigenvalue weighted by Gasteiger charge is 2.31. The number of rotatable bonds is 1. The predicted octanol–water partition coefficient (Wildman–Crippen LogP) is 3.55. The first-order chi connectivity index (χ1) is 8.86. The second-order valence-electron chi connectivity index (χ2n) is 4.85. The highest BCUT2D eigenvalue weighted by atomic mass is 35.5. The van der Waals surface area contributed by atoms with Crippen LogP contribution in [-0.2, 0) is 6.18 Å². The molecule has 0 radical (unpaired) electrons. The monoisotopic (exact) mass is 292 g/mol. The van der Waals surface area contributed by atoms with Crippen LogP contribution in [0.2, 0.25) is 5.02 Å². The van der Waals surface area contributed by atoms with E-state index in [1.54, 1.807) is 6.07 Å². The van der Waals surface area contributed by atoms with Crippen molar-refractivity contribution in [2.24, 2.45) is 0 Å². The molecule has 1 aliphatic heterocycles. The van der Waals surface area contributed by atoms with E-state index in [0.717, 1.165) is 25.6 Å². The van der Waals surface area contributed by atoms with E-state index in [1.165, 1.54) is 6.07 Å². The minimum atomic E-state index is -4.37. The molecule has 1 saturated heterocycles. The van der Waals surface area contributed by atoms with Gasteiger partial charge in [-0.15, -0.1) is 0 Å². The fraction of sp³-hybridized carbons (Fsp3) is 0.538. The average Bonchev–Trinajstić information content (AvgIpc) is 2.52. The van der Waals surface area contributed by atoms with E-state index in [0.29, 0.717) is 12.2 Å². The van der Waals surface area contributed by atoms with Gasteiger partial charge in [-0.1, -0.05) is 11.6 Å². The maximum absolute atomic E-state index is 12.8. The van der Waals surface area contributed by atoms with Crippen LogP contribution in [0.25, 0.3) is 0 Å². The maximum atomic E-state index is 12.8. The molecule has 0 saturated carbocycles. The molecule has 0 spiro atoms. The molecule has 0 amide bonds. The Labute approximate surface area is 115 Å². The fourth-order valence-electron chi connectivity index (χ4n) is 2.26. The van der Waals surface area contributed by atoms with Crippen LogP contribution in [0.15, 0.2) is 18.2 Å². The summed E-state index contributed by atoms with van der Waals surface area (Å²) >= 11 is 5.81. The molecule has 1 heterocycles. The van der Waals surface area contributed by atoms with Crippen molar-refractivity contribution in [1.29, 1.82) is 0 Å². The van der Waals surface area contributed by atoms with Gasteiger partial charge in [0.1, 0.15) is 0 Å². The van der Waals surface area contributed by atoms with Gasteiger partial charge in [-0.25, -0.2) is 0 Å². The Balaban J connectivity index is 2.30. The zero-order valence-electron chi connectivity index (χ0n) is 10.6. The Bertz CT molecular complexity index is 448. The molecule has 6 heteroatoms. The van der Waals surface area contributed by atoms with Crippen LogP contribution in [0.3, 0.4) is 0 Å². The topological polar surface area (TPSA) is 15.3 Å². The van der Waals surface area contributed by atoms with E-state index in [4.69, 9.17) is 11.6 Å². The Hall–Kier alpha value is -0.940. The molecule has 2 rings (SSSR count). The van der Waals surface area contributed by atoms with Gasteiger partial charge in [0.05, 0.1) is 5.56 Å². The lowest BCUT2D eigenvalue weighted by Gasteiger charge is -2.26. The van der Waals surface area contributed by atoms with Gasteiger partial charge in [0, 0.05) is 29.8 Å². The molecule has 0 aliphatic carbocycles. The van der Waals surface area contributed by atoms with Crippen molar-refractivity contribution in [3.8, 4) is 0 Å². The first kappa shape index (κ1) is 14.5. The minimum Gasteiger partial charge on any atom is -0.370 e. The summed E-state index contributed by atoms with van der Waals surface area (Å²) in [6, 6.07) is 3.97. The standard InChI is InChI=1S/C13H16ClF3N2/c1-9-8-19(4-2-3-18-9)12-6-10(13(15,16)17)5-11(14)7-12/h5-7,9,18H,2-4,8H2,1H3. The Morgan fingerprint density at radius 1 is 1.32 bits per heavy atom. The lowest BCUT2D eigenvalue weighted by atomic mass is 10.1. The van der Waals surface area contributed by atoms with Crippen molar-refractivity contribution >= 4 is 17.3 Å². The van der Waals surface area contributed by atoms with Crippen molar-refractivity contribution in [3.05, 3.63) is 28.8 Å². The van der Waals surface area contributed by atoms with Crippen LogP contribution in [0.1, 0.15) is 18.9 Å². The smallest absolute Gasteiger partial charge is 0.370 e. The summed E-state index contributed by atoms with van der Waals surface area (Å²) in [7, 11) is 0. The summed E-state index contributed by atoms with van der Waals surface area (Å²) < 4.78 is 38.3. The van der Waals surface area contributed by atoms with Crippen LogP contribution in [0, 0.1) is 0 Å². The lowest BCUT2D eigenvalue weighted by Crippen LogP contribution is -2.35. The third-order valence-corrected chi connectivity index (χ3v) is 3.39. The Morgan fingerprint density at radius 2 is 2.05 bits per heavy atom. The van der Waals surface area contributed by atoms with Crippen LogP contribution in [-0.4, -0.2) is 25.7 Å². The summed E-state index contributed by atoms with van der Waals surface area (Å²) in [5, 5.41) is 3.43. The second-order valence-corrected chi connectivity index (χ2v) is 5.29. The summed E-state index contributed by atoms with van der Waals surface area (Å²) in [6.07, 6.45) is -3.46. The van der Waals surface area contributed by atoms with Crippen molar-refractivity contribution in [2.45, 2.75) is 25.6 Å². The number of hydrogen-bond donors (Lipinski definition) is 1. The lowest BCUT2D eigenvalue weighted by molar-refractivity contribution is -0.137. The molecule has 1 N–H and O–H groups in total. The second kappa shape index (κ2) is 5.59. The van der Waals surface area contributed by atoms with Gasteiger partial charge in [-0.05, 0) is 38.1 Å². The van der Waals surface area contributed by atoms with E-state index in [2.05, 4.69) is 5.32 Å². The number of halogens is 4. The first-order valence-corrected chi connectivity index (χ1v) is 6.60. The average molecular weight is 293 g/mol. The molecule has 1 aromatic carbocycles. The van der Waals surface area contributed by atoms with Gasteiger partial charge in [0.25, 0.3) is 0 Å². The number of nitrogens with one attached hydrogen (secondary N) is 1. The largest absolute Gasteiger partial charge is 0.416 e. The van der Waals surface area contributed by atoms with Gasteiger partial charge in [-0.3, -0.25) is 0 Å². The first-order valence-electron chi connectivity index (χ1n) is 6.22. The predicted molar refractivity (Wildman–Crippen MR) is 70.7 cm³/mol. The quantitative estimate of drug-likeness (QED) is 0.851. The van der Waals surface area contributed by atoms with Crippen LogP contribution >= 0.6 is 11.6 Å².